The number of nitro benzene ring substituents is 1. The van der Waals surface area contributed by atoms with Crippen molar-refractivity contribution in [3.63, 3.8) is 0 Å². The average Bonchev–Trinajstić information content (AvgIpc) is 2.46. The summed E-state index contributed by atoms with van der Waals surface area (Å²) < 4.78 is 4.95. The summed E-state index contributed by atoms with van der Waals surface area (Å²) in [6.07, 6.45) is 0.224. The zero-order chi connectivity index (χ0) is 15.8. The van der Waals surface area contributed by atoms with Crippen LogP contribution in [-0.4, -0.2) is 42.5 Å². The molecule has 0 radical (unpaired) electrons. The van der Waals surface area contributed by atoms with E-state index in [0.717, 1.165) is 0 Å². The molecule has 7 nitrogen and oxygen atoms in total. The number of carbonyl (C=O) groups excluding carboxylic acids is 1. The summed E-state index contributed by atoms with van der Waals surface area (Å²) in [7, 11) is 1.53. The van der Waals surface area contributed by atoms with Gasteiger partial charge in [0.25, 0.3) is 11.6 Å². The second-order valence-corrected chi connectivity index (χ2v) is 4.45. The van der Waals surface area contributed by atoms with E-state index in [4.69, 9.17) is 10.00 Å². The van der Waals surface area contributed by atoms with Crippen molar-refractivity contribution in [3.8, 4) is 6.07 Å². The fourth-order valence-electron chi connectivity index (χ4n) is 1.87. The zero-order valence-electron chi connectivity index (χ0n) is 12.0. The number of methoxy groups -OCH3 is 1. The molecular formula is C14H17N3O4. The first kappa shape index (κ1) is 16.6. The zero-order valence-corrected chi connectivity index (χ0v) is 12.0. The van der Waals surface area contributed by atoms with Crippen molar-refractivity contribution in [2.75, 3.05) is 26.8 Å². The molecule has 0 aliphatic heterocycles. The van der Waals surface area contributed by atoms with Gasteiger partial charge in [-0.15, -0.1) is 0 Å². The number of hydrogen-bond donors (Lipinski definition) is 0. The smallest absolute Gasteiger partial charge is 0.269 e. The fourth-order valence-corrected chi connectivity index (χ4v) is 1.87. The monoisotopic (exact) mass is 291 g/mol. The minimum Gasteiger partial charge on any atom is -0.383 e. The van der Waals surface area contributed by atoms with Gasteiger partial charge in [-0.2, -0.15) is 5.26 Å². The van der Waals surface area contributed by atoms with Crippen molar-refractivity contribution in [2.24, 2.45) is 0 Å². The van der Waals surface area contributed by atoms with E-state index in [2.05, 4.69) is 0 Å². The molecule has 1 aromatic rings. The first-order valence-corrected chi connectivity index (χ1v) is 6.41. The van der Waals surface area contributed by atoms with Gasteiger partial charge >= 0.3 is 0 Å². The number of ether oxygens (including phenoxy) is 1. The van der Waals surface area contributed by atoms with Crippen molar-refractivity contribution in [3.05, 3.63) is 39.4 Å². The van der Waals surface area contributed by atoms with Gasteiger partial charge in [0.15, 0.2) is 0 Å². The Balaban J connectivity index is 2.97. The molecule has 1 aromatic carbocycles. The minimum atomic E-state index is -0.500. The van der Waals surface area contributed by atoms with Gasteiger partial charge < -0.3 is 9.64 Å². The van der Waals surface area contributed by atoms with E-state index in [1.54, 1.807) is 6.92 Å². The Bertz CT molecular complexity index is 566. The number of nitriles is 1. The van der Waals surface area contributed by atoms with Crippen LogP contribution in [0.3, 0.4) is 0 Å². The van der Waals surface area contributed by atoms with Crippen LogP contribution in [0.4, 0.5) is 5.69 Å². The molecule has 0 aromatic heterocycles. The van der Waals surface area contributed by atoms with Crippen LogP contribution < -0.4 is 0 Å². The highest BCUT2D eigenvalue weighted by Crippen LogP contribution is 2.18. The lowest BCUT2D eigenvalue weighted by molar-refractivity contribution is -0.384. The van der Waals surface area contributed by atoms with Gasteiger partial charge in [0.1, 0.15) is 0 Å². The van der Waals surface area contributed by atoms with Crippen LogP contribution in [0.2, 0.25) is 0 Å². The molecule has 0 aliphatic rings. The van der Waals surface area contributed by atoms with Crippen molar-refractivity contribution in [1.82, 2.24) is 4.90 Å². The third kappa shape index (κ3) is 4.54. The Kier molecular flexibility index (Phi) is 6.30. The quantitative estimate of drug-likeness (QED) is 0.564. The number of carbonyl (C=O) groups is 1. The Labute approximate surface area is 122 Å². The highest BCUT2D eigenvalue weighted by molar-refractivity contribution is 5.96. The van der Waals surface area contributed by atoms with E-state index in [-0.39, 0.29) is 18.0 Å². The van der Waals surface area contributed by atoms with Crippen LogP contribution in [-0.2, 0) is 4.74 Å². The third-order valence-corrected chi connectivity index (χ3v) is 3.00. The maximum atomic E-state index is 12.4. The second-order valence-electron chi connectivity index (χ2n) is 4.45. The van der Waals surface area contributed by atoms with Gasteiger partial charge in [0, 0.05) is 37.9 Å². The van der Waals surface area contributed by atoms with E-state index in [1.165, 1.54) is 30.2 Å². The Morgan fingerprint density at radius 3 is 2.71 bits per heavy atom. The number of nitrogens with zero attached hydrogens (tertiary/aromatic N) is 3. The standard InChI is InChI=1S/C14H17N3O4/c1-11-10-12(17(19)20)4-5-13(11)14(18)16(7-3-6-15)8-9-21-2/h4-5,10H,3,7-9H2,1-2H3. The van der Waals surface area contributed by atoms with Crippen LogP contribution in [0.15, 0.2) is 18.2 Å². The van der Waals surface area contributed by atoms with Gasteiger partial charge in [0.05, 0.1) is 24.0 Å². The molecule has 0 atom stereocenters. The number of hydrogen-bond acceptors (Lipinski definition) is 5. The maximum absolute atomic E-state index is 12.4. The first-order valence-electron chi connectivity index (χ1n) is 6.41. The van der Waals surface area contributed by atoms with E-state index >= 15 is 0 Å². The minimum absolute atomic E-state index is 0.0514. The van der Waals surface area contributed by atoms with Gasteiger partial charge in [-0.25, -0.2) is 0 Å². The summed E-state index contributed by atoms with van der Waals surface area (Å²) in [5, 5.41) is 19.4. The number of amides is 1. The predicted octanol–water partition coefficient (Wildman–Crippen LogP) is 1.91. The van der Waals surface area contributed by atoms with Gasteiger partial charge in [-0.1, -0.05) is 0 Å². The lowest BCUT2D eigenvalue weighted by Gasteiger charge is -2.22. The fraction of sp³-hybridized carbons (Fsp3) is 0.429. The van der Waals surface area contributed by atoms with Crippen molar-refractivity contribution >= 4 is 11.6 Å². The number of aryl methyl sites for hydroxylation is 1. The summed E-state index contributed by atoms with van der Waals surface area (Å²) in [6, 6.07) is 6.11. The Morgan fingerprint density at radius 1 is 1.48 bits per heavy atom. The van der Waals surface area contributed by atoms with Crippen LogP contribution in [0.25, 0.3) is 0 Å². The summed E-state index contributed by atoms with van der Waals surface area (Å²) in [6.45, 7) is 2.69. The van der Waals surface area contributed by atoms with Crippen molar-refractivity contribution in [1.29, 1.82) is 5.26 Å². The lowest BCUT2D eigenvalue weighted by Crippen LogP contribution is -2.35. The molecule has 21 heavy (non-hydrogen) atoms. The maximum Gasteiger partial charge on any atom is 0.269 e. The van der Waals surface area contributed by atoms with Crippen LogP contribution in [0, 0.1) is 28.4 Å². The van der Waals surface area contributed by atoms with Crippen LogP contribution >= 0.6 is 0 Å². The topological polar surface area (TPSA) is 96.5 Å². The van der Waals surface area contributed by atoms with E-state index < -0.39 is 4.92 Å². The predicted molar refractivity (Wildman–Crippen MR) is 75.8 cm³/mol. The molecular weight excluding hydrogens is 274 g/mol. The largest absolute Gasteiger partial charge is 0.383 e. The van der Waals surface area contributed by atoms with Crippen LogP contribution in [0.5, 0.6) is 0 Å². The number of rotatable bonds is 7. The first-order chi connectivity index (χ1) is 10.0. The van der Waals surface area contributed by atoms with Gasteiger partial charge in [-0.3, -0.25) is 14.9 Å². The van der Waals surface area contributed by atoms with Gasteiger partial charge in [0.2, 0.25) is 0 Å². The molecule has 0 spiro atoms. The third-order valence-electron chi connectivity index (χ3n) is 3.00. The molecule has 0 N–H and O–H groups in total. The Morgan fingerprint density at radius 2 is 2.19 bits per heavy atom. The van der Waals surface area contributed by atoms with E-state index in [9.17, 15) is 14.9 Å². The number of nitro groups is 1. The molecule has 0 aliphatic carbocycles. The van der Waals surface area contributed by atoms with Crippen molar-refractivity contribution in [2.45, 2.75) is 13.3 Å². The van der Waals surface area contributed by atoms with Crippen LogP contribution in [0.1, 0.15) is 22.3 Å². The average molecular weight is 291 g/mol. The lowest BCUT2D eigenvalue weighted by atomic mass is 10.1. The summed E-state index contributed by atoms with van der Waals surface area (Å²) in [5.74, 6) is -0.255. The molecule has 1 rings (SSSR count). The number of non-ortho nitro benzene ring substituents is 1. The van der Waals surface area contributed by atoms with E-state index in [0.29, 0.717) is 30.8 Å². The summed E-state index contributed by atoms with van der Waals surface area (Å²) >= 11 is 0. The molecule has 0 bridgehead atoms. The molecule has 7 heteroatoms. The molecule has 0 fully saturated rings. The molecule has 0 unspecified atom stereocenters. The van der Waals surface area contributed by atoms with Crippen molar-refractivity contribution < 1.29 is 14.5 Å². The summed E-state index contributed by atoms with van der Waals surface area (Å²) in [5.41, 5.74) is 0.882. The molecule has 112 valence electrons. The van der Waals surface area contributed by atoms with Gasteiger partial charge in [-0.05, 0) is 18.6 Å². The normalized spacial score (nSPS) is 9.95. The second kappa shape index (κ2) is 7.97. The molecule has 0 saturated carbocycles. The highest BCUT2D eigenvalue weighted by atomic mass is 16.6. The summed E-state index contributed by atoms with van der Waals surface area (Å²) in [4.78, 5) is 24.2. The highest BCUT2D eigenvalue weighted by Gasteiger charge is 2.19. The Hall–Kier alpha value is -2.46. The molecule has 0 saturated heterocycles. The molecule has 1 amide bonds. The molecule has 0 heterocycles. The SMILES string of the molecule is COCCN(CCC#N)C(=O)c1ccc([N+](=O)[O-])cc1C. The number of benzene rings is 1. The van der Waals surface area contributed by atoms with E-state index in [1.807, 2.05) is 6.07 Å².